The van der Waals surface area contributed by atoms with E-state index in [1.807, 2.05) is 13.8 Å². The number of benzene rings is 1. The summed E-state index contributed by atoms with van der Waals surface area (Å²) in [6.45, 7) is 3.79. The predicted molar refractivity (Wildman–Crippen MR) is 92.1 cm³/mol. The van der Waals surface area contributed by atoms with Gasteiger partial charge in [-0.15, -0.1) is 0 Å². The van der Waals surface area contributed by atoms with E-state index in [1.165, 1.54) is 19.1 Å². The lowest BCUT2D eigenvalue weighted by Gasteiger charge is -2.19. The lowest BCUT2D eigenvalue weighted by atomic mass is 10.1. The van der Waals surface area contributed by atoms with Crippen LogP contribution in [-0.4, -0.2) is 36.3 Å². The van der Waals surface area contributed by atoms with Gasteiger partial charge >= 0.3 is 0 Å². The van der Waals surface area contributed by atoms with E-state index < -0.39 is 0 Å². The zero-order valence-corrected chi connectivity index (χ0v) is 15.0. The first kappa shape index (κ1) is 17.7. The van der Waals surface area contributed by atoms with Crippen molar-refractivity contribution in [3.05, 3.63) is 27.6 Å². The Labute approximate surface area is 144 Å². The molecule has 0 spiro atoms. The van der Waals surface area contributed by atoms with Gasteiger partial charge in [-0.05, 0) is 48.9 Å². The number of rotatable bonds is 5. The monoisotopic (exact) mass is 355 g/mol. The normalized spacial score (nSPS) is 17.8. The fourth-order valence-corrected chi connectivity index (χ4v) is 3.44. The highest BCUT2D eigenvalue weighted by Crippen LogP contribution is 2.39. The van der Waals surface area contributed by atoms with Crippen molar-refractivity contribution in [3.8, 4) is 11.5 Å². The fourth-order valence-electron chi connectivity index (χ4n) is 2.21. The van der Waals surface area contributed by atoms with Crippen LogP contribution in [-0.2, 0) is 4.79 Å². The van der Waals surface area contributed by atoms with Crippen molar-refractivity contribution in [3.63, 3.8) is 0 Å². The van der Waals surface area contributed by atoms with Gasteiger partial charge in [-0.2, -0.15) is 0 Å². The van der Waals surface area contributed by atoms with Crippen LogP contribution < -0.4 is 9.47 Å². The van der Waals surface area contributed by atoms with Crippen molar-refractivity contribution in [2.45, 2.75) is 26.3 Å². The molecule has 1 saturated heterocycles. The van der Waals surface area contributed by atoms with E-state index >= 15 is 0 Å². The summed E-state index contributed by atoms with van der Waals surface area (Å²) in [6.07, 6.45) is 2.36. The van der Waals surface area contributed by atoms with Gasteiger partial charge in [0.25, 0.3) is 11.1 Å². The molecule has 2 rings (SSSR count). The first-order valence-corrected chi connectivity index (χ1v) is 8.30. The van der Waals surface area contributed by atoms with Crippen molar-refractivity contribution in [1.29, 1.82) is 0 Å². The minimum absolute atomic E-state index is 0.123. The first-order valence-electron chi connectivity index (χ1n) is 7.11. The third kappa shape index (κ3) is 3.48. The van der Waals surface area contributed by atoms with Crippen molar-refractivity contribution < 1.29 is 19.1 Å². The third-order valence-electron chi connectivity index (χ3n) is 3.61. The van der Waals surface area contributed by atoms with Crippen molar-refractivity contribution in [1.82, 2.24) is 4.90 Å². The average Bonchev–Trinajstić information content (AvgIpc) is 2.80. The molecule has 7 heteroatoms. The summed E-state index contributed by atoms with van der Waals surface area (Å²) in [6, 6.07) is 3.25. The van der Waals surface area contributed by atoms with Crippen LogP contribution in [0.3, 0.4) is 0 Å². The zero-order chi connectivity index (χ0) is 17.1. The summed E-state index contributed by atoms with van der Waals surface area (Å²) >= 11 is 7.10. The maximum absolute atomic E-state index is 12.4. The fraction of sp³-hybridized carbons (Fsp3) is 0.375. The van der Waals surface area contributed by atoms with Crippen LogP contribution in [0.15, 0.2) is 17.0 Å². The molecule has 1 aliphatic heterocycles. The van der Waals surface area contributed by atoms with Crippen LogP contribution in [0.25, 0.3) is 6.08 Å². The molecule has 1 aromatic carbocycles. The van der Waals surface area contributed by atoms with E-state index in [4.69, 9.17) is 21.1 Å². The van der Waals surface area contributed by atoms with Gasteiger partial charge < -0.3 is 9.47 Å². The van der Waals surface area contributed by atoms with Crippen LogP contribution in [0.4, 0.5) is 4.79 Å². The predicted octanol–water partition coefficient (Wildman–Crippen LogP) is 4.19. The Kier molecular flexibility index (Phi) is 5.59. The minimum atomic E-state index is -0.278. The number of carbonyl (C=O) groups is 2. The minimum Gasteiger partial charge on any atom is -0.493 e. The maximum Gasteiger partial charge on any atom is 0.293 e. The quantitative estimate of drug-likeness (QED) is 0.741. The zero-order valence-electron chi connectivity index (χ0n) is 13.4. The lowest BCUT2D eigenvalue weighted by molar-refractivity contribution is -0.124. The molecule has 1 fully saturated rings. The Morgan fingerprint density at radius 2 is 2.00 bits per heavy atom. The van der Waals surface area contributed by atoms with Crippen LogP contribution >= 0.6 is 23.4 Å². The summed E-state index contributed by atoms with van der Waals surface area (Å²) in [5.41, 5.74) is 0.669. The number of halogens is 1. The molecule has 0 saturated carbocycles. The molecule has 1 atom stereocenters. The summed E-state index contributed by atoms with van der Waals surface area (Å²) < 4.78 is 10.4. The van der Waals surface area contributed by atoms with Gasteiger partial charge in [0.05, 0.1) is 24.1 Å². The van der Waals surface area contributed by atoms with Gasteiger partial charge in [0, 0.05) is 6.04 Å². The van der Waals surface area contributed by atoms with E-state index in [-0.39, 0.29) is 17.2 Å². The van der Waals surface area contributed by atoms with Crippen LogP contribution in [0.1, 0.15) is 25.8 Å². The molecule has 0 aromatic heterocycles. The number of carbonyl (C=O) groups excluding carboxylic acids is 2. The van der Waals surface area contributed by atoms with Crippen LogP contribution in [0.2, 0.25) is 5.02 Å². The molecule has 5 nitrogen and oxygen atoms in total. The van der Waals surface area contributed by atoms with E-state index in [9.17, 15) is 9.59 Å². The van der Waals surface area contributed by atoms with Crippen LogP contribution in [0, 0.1) is 0 Å². The molecular formula is C16H18ClNO4S. The van der Waals surface area contributed by atoms with Crippen molar-refractivity contribution >= 4 is 40.6 Å². The van der Waals surface area contributed by atoms with E-state index in [0.717, 1.165) is 11.8 Å². The Hall–Kier alpha value is -1.66. The number of nitrogens with zero attached hydrogens (tertiary/aromatic N) is 1. The maximum atomic E-state index is 12.4. The molecule has 2 amide bonds. The molecular weight excluding hydrogens is 338 g/mol. The molecule has 0 radical (unpaired) electrons. The van der Waals surface area contributed by atoms with Crippen LogP contribution in [0.5, 0.6) is 11.5 Å². The largest absolute Gasteiger partial charge is 0.493 e. The van der Waals surface area contributed by atoms with Gasteiger partial charge in [-0.3, -0.25) is 14.5 Å². The molecule has 0 N–H and O–H groups in total. The summed E-state index contributed by atoms with van der Waals surface area (Å²) in [4.78, 5) is 26.1. The highest BCUT2D eigenvalue weighted by molar-refractivity contribution is 8.18. The molecule has 0 aliphatic carbocycles. The molecule has 23 heavy (non-hydrogen) atoms. The number of amides is 2. The highest BCUT2D eigenvalue weighted by Gasteiger charge is 2.37. The molecule has 1 aliphatic rings. The second-order valence-electron chi connectivity index (χ2n) is 5.05. The SMILES string of the molecule is CC[C@@H](C)N1C(=O)S/C(=C/c2cc(Cl)c(OC)c(OC)c2)C1=O. The first-order chi connectivity index (χ1) is 10.9. The number of imide groups is 1. The second-order valence-corrected chi connectivity index (χ2v) is 6.45. The lowest BCUT2D eigenvalue weighted by Crippen LogP contribution is -2.36. The number of hydrogen-bond donors (Lipinski definition) is 0. The Balaban J connectivity index is 2.38. The van der Waals surface area contributed by atoms with E-state index in [2.05, 4.69) is 0 Å². The molecule has 0 unspecified atom stereocenters. The molecule has 124 valence electrons. The smallest absolute Gasteiger partial charge is 0.293 e. The Morgan fingerprint density at radius 3 is 2.57 bits per heavy atom. The summed E-state index contributed by atoms with van der Waals surface area (Å²) in [7, 11) is 3.01. The van der Waals surface area contributed by atoms with E-state index in [0.29, 0.717) is 33.4 Å². The van der Waals surface area contributed by atoms with Gasteiger partial charge in [0.2, 0.25) is 0 Å². The van der Waals surface area contributed by atoms with Gasteiger partial charge in [0.15, 0.2) is 11.5 Å². The van der Waals surface area contributed by atoms with Gasteiger partial charge in [-0.25, -0.2) is 0 Å². The molecule has 0 bridgehead atoms. The Bertz CT molecular complexity index is 674. The van der Waals surface area contributed by atoms with Crippen molar-refractivity contribution in [2.75, 3.05) is 14.2 Å². The van der Waals surface area contributed by atoms with Gasteiger partial charge in [-0.1, -0.05) is 18.5 Å². The molecule has 1 heterocycles. The standard InChI is InChI=1S/C16H18ClNO4S/c1-5-9(2)18-15(19)13(23-16(18)20)8-10-6-11(17)14(22-4)12(7-10)21-3/h6-9H,5H2,1-4H3/b13-8+/t9-/m1/s1. The number of ether oxygens (including phenoxy) is 2. The number of methoxy groups -OCH3 is 2. The third-order valence-corrected chi connectivity index (χ3v) is 4.77. The topological polar surface area (TPSA) is 55.8 Å². The Morgan fingerprint density at radius 1 is 1.30 bits per heavy atom. The summed E-state index contributed by atoms with van der Waals surface area (Å²) in [5.74, 6) is 0.617. The average molecular weight is 356 g/mol. The van der Waals surface area contributed by atoms with E-state index in [1.54, 1.807) is 18.2 Å². The summed E-state index contributed by atoms with van der Waals surface area (Å²) in [5, 5.41) is 0.126. The molecule has 1 aromatic rings. The highest BCUT2D eigenvalue weighted by atomic mass is 35.5. The number of thioether (sulfide) groups is 1. The van der Waals surface area contributed by atoms with Gasteiger partial charge in [0.1, 0.15) is 0 Å². The number of hydrogen-bond acceptors (Lipinski definition) is 5. The van der Waals surface area contributed by atoms with Crippen molar-refractivity contribution in [2.24, 2.45) is 0 Å². The second kappa shape index (κ2) is 7.27.